The second-order valence-electron chi connectivity index (χ2n) is 1.86. The lowest BCUT2D eigenvalue weighted by Crippen LogP contribution is -1.97. The van der Waals surface area contributed by atoms with Crippen molar-refractivity contribution < 1.29 is 0 Å². The highest BCUT2D eigenvalue weighted by atomic mass is 127. The van der Waals surface area contributed by atoms with E-state index in [4.69, 9.17) is 11.5 Å². The quantitative estimate of drug-likeness (QED) is 0.570. The Labute approximate surface area is 81.2 Å². The average molecular weight is 313 g/mol. The number of benzene rings is 1. The summed E-state index contributed by atoms with van der Waals surface area (Å²) in [5, 5.41) is 0. The standard InChI is InChI=1S/C6H6BrIN2/c7-3-1-2-4(8)6(10)5(3)9/h1-2H,9-10H2. The molecule has 0 spiro atoms. The van der Waals surface area contributed by atoms with Gasteiger partial charge in [0.25, 0.3) is 0 Å². The number of anilines is 2. The monoisotopic (exact) mass is 312 g/mol. The largest absolute Gasteiger partial charge is 0.396 e. The van der Waals surface area contributed by atoms with E-state index in [9.17, 15) is 0 Å². The van der Waals surface area contributed by atoms with E-state index in [0.717, 1.165) is 8.04 Å². The van der Waals surface area contributed by atoms with Crippen LogP contribution in [0.4, 0.5) is 11.4 Å². The fraction of sp³-hybridized carbons (Fsp3) is 0. The van der Waals surface area contributed by atoms with Crippen molar-refractivity contribution in [3.05, 3.63) is 20.2 Å². The van der Waals surface area contributed by atoms with Crippen LogP contribution < -0.4 is 11.5 Å². The van der Waals surface area contributed by atoms with E-state index >= 15 is 0 Å². The Kier molecular flexibility index (Phi) is 2.40. The van der Waals surface area contributed by atoms with Gasteiger partial charge < -0.3 is 11.5 Å². The molecular formula is C6H6BrIN2. The maximum Gasteiger partial charge on any atom is 0.0703 e. The maximum absolute atomic E-state index is 5.62. The Morgan fingerprint density at radius 2 is 1.80 bits per heavy atom. The molecule has 1 aromatic rings. The normalized spacial score (nSPS) is 9.80. The molecule has 0 radical (unpaired) electrons. The van der Waals surface area contributed by atoms with Crippen LogP contribution >= 0.6 is 38.5 Å². The lowest BCUT2D eigenvalue weighted by atomic mass is 10.3. The molecule has 1 rings (SSSR count). The lowest BCUT2D eigenvalue weighted by molar-refractivity contribution is 1.58. The van der Waals surface area contributed by atoms with E-state index in [-0.39, 0.29) is 0 Å². The minimum absolute atomic E-state index is 0.618. The van der Waals surface area contributed by atoms with Gasteiger partial charge in [0.2, 0.25) is 0 Å². The first kappa shape index (κ1) is 8.13. The second kappa shape index (κ2) is 2.96. The first-order valence-electron chi connectivity index (χ1n) is 2.62. The fourth-order valence-corrected chi connectivity index (χ4v) is 1.40. The lowest BCUT2D eigenvalue weighted by Gasteiger charge is -2.03. The molecule has 0 saturated heterocycles. The summed E-state index contributed by atoms with van der Waals surface area (Å²) >= 11 is 5.41. The number of nitrogens with two attached hydrogens (primary N) is 2. The molecule has 1 aromatic carbocycles. The van der Waals surface area contributed by atoms with Gasteiger partial charge >= 0.3 is 0 Å². The van der Waals surface area contributed by atoms with Gasteiger partial charge in [0.15, 0.2) is 0 Å². The SMILES string of the molecule is Nc1c(Br)ccc(I)c1N. The van der Waals surface area contributed by atoms with E-state index in [2.05, 4.69) is 38.5 Å². The second-order valence-corrected chi connectivity index (χ2v) is 3.87. The van der Waals surface area contributed by atoms with Crippen LogP contribution in [0.15, 0.2) is 16.6 Å². The third-order valence-corrected chi connectivity index (χ3v) is 2.81. The Balaban J connectivity index is 3.34. The smallest absolute Gasteiger partial charge is 0.0703 e. The summed E-state index contributed by atoms with van der Waals surface area (Å²) in [5.41, 5.74) is 12.5. The molecule has 0 unspecified atom stereocenters. The van der Waals surface area contributed by atoms with Crippen LogP contribution in [0.5, 0.6) is 0 Å². The van der Waals surface area contributed by atoms with Gasteiger partial charge in [0.1, 0.15) is 0 Å². The third kappa shape index (κ3) is 1.37. The molecule has 10 heavy (non-hydrogen) atoms. The minimum atomic E-state index is 0.618. The highest BCUT2D eigenvalue weighted by Gasteiger charge is 2.01. The summed E-state index contributed by atoms with van der Waals surface area (Å²) in [6, 6.07) is 3.80. The molecule has 2 nitrogen and oxygen atoms in total. The number of hydrogen-bond donors (Lipinski definition) is 2. The Morgan fingerprint density at radius 1 is 1.20 bits per heavy atom. The highest BCUT2D eigenvalue weighted by molar-refractivity contribution is 14.1. The summed E-state index contributed by atoms with van der Waals surface area (Å²) in [6.45, 7) is 0. The van der Waals surface area contributed by atoms with Crippen molar-refractivity contribution in [1.82, 2.24) is 0 Å². The molecule has 0 saturated carbocycles. The summed E-state index contributed by atoms with van der Waals surface area (Å²) in [5.74, 6) is 0. The Morgan fingerprint density at radius 3 is 2.30 bits per heavy atom. The van der Waals surface area contributed by atoms with Crippen molar-refractivity contribution >= 4 is 49.9 Å². The van der Waals surface area contributed by atoms with Gasteiger partial charge in [-0.05, 0) is 50.7 Å². The molecular weight excluding hydrogens is 307 g/mol. The van der Waals surface area contributed by atoms with Crippen LogP contribution in [0, 0.1) is 3.57 Å². The van der Waals surface area contributed by atoms with Crippen molar-refractivity contribution in [3.8, 4) is 0 Å². The van der Waals surface area contributed by atoms with Crippen LogP contribution in [0.3, 0.4) is 0 Å². The van der Waals surface area contributed by atoms with Crippen molar-refractivity contribution in [2.24, 2.45) is 0 Å². The summed E-state index contributed by atoms with van der Waals surface area (Å²) in [7, 11) is 0. The molecule has 0 bridgehead atoms. The predicted molar refractivity (Wildman–Crippen MR) is 55.7 cm³/mol. The Bertz CT molecular complexity index is 235. The highest BCUT2D eigenvalue weighted by Crippen LogP contribution is 2.29. The first-order valence-corrected chi connectivity index (χ1v) is 4.49. The molecule has 4 heteroatoms. The molecule has 0 amide bonds. The van der Waals surface area contributed by atoms with Gasteiger partial charge in [-0.3, -0.25) is 0 Å². The van der Waals surface area contributed by atoms with Gasteiger partial charge in [0, 0.05) is 8.04 Å². The van der Waals surface area contributed by atoms with Crippen molar-refractivity contribution in [3.63, 3.8) is 0 Å². The van der Waals surface area contributed by atoms with Crippen molar-refractivity contribution in [2.45, 2.75) is 0 Å². The van der Waals surface area contributed by atoms with E-state index in [1.54, 1.807) is 0 Å². The van der Waals surface area contributed by atoms with Crippen LogP contribution in [0.1, 0.15) is 0 Å². The Hall–Kier alpha value is 0.0300. The van der Waals surface area contributed by atoms with Gasteiger partial charge in [-0.15, -0.1) is 0 Å². The van der Waals surface area contributed by atoms with Crippen LogP contribution in [0.2, 0.25) is 0 Å². The van der Waals surface area contributed by atoms with Crippen LogP contribution in [-0.4, -0.2) is 0 Å². The van der Waals surface area contributed by atoms with Gasteiger partial charge in [0.05, 0.1) is 11.4 Å². The fourth-order valence-electron chi connectivity index (χ4n) is 0.583. The van der Waals surface area contributed by atoms with Gasteiger partial charge in [-0.2, -0.15) is 0 Å². The summed E-state index contributed by atoms with van der Waals surface area (Å²) < 4.78 is 1.84. The third-order valence-electron chi connectivity index (χ3n) is 1.18. The topological polar surface area (TPSA) is 52.0 Å². The molecule has 4 N–H and O–H groups in total. The van der Waals surface area contributed by atoms with E-state index < -0.39 is 0 Å². The predicted octanol–water partition coefficient (Wildman–Crippen LogP) is 2.22. The summed E-state index contributed by atoms with van der Waals surface area (Å²) in [4.78, 5) is 0. The number of rotatable bonds is 0. The molecule has 0 aliphatic heterocycles. The van der Waals surface area contributed by atoms with Crippen molar-refractivity contribution in [1.29, 1.82) is 0 Å². The zero-order chi connectivity index (χ0) is 7.72. The first-order chi connectivity index (χ1) is 4.63. The maximum atomic E-state index is 5.62. The van der Waals surface area contributed by atoms with Crippen LogP contribution in [-0.2, 0) is 0 Å². The van der Waals surface area contributed by atoms with Gasteiger partial charge in [-0.25, -0.2) is 0 Å². The number of nitrogen functional groups attached to an aromatic ring is 2. The minimum Gasteiger partial charge on any atom is -0.396 e. The molecule has 0 fully saturated rings. The summed E-state index contributed by atoms with van der Waals surface area (Å²) in [6.07, 6.45) is 0. The molecule has 0 aromatic heterocycles. The zero-order valence-electron chi connectivity index (χ0n) is 5.07. The van der Waals surface area contributed by atoms with E-state index in [1.165, 1.54) is 0 Å². The molecule has 0 heterocycles. The number of hydrogen-bond acceptors (Lipinski definition) is 2. The van der Waals surface area contributed by atoms with E-state index in [1.807, 2.05) is 12.1 Å². The molecule has 54 valence electrons. The molecule has 0 aliphatic carbocycles. The average Bonchev–Trinajstić information content (AvgIpc) is 1.93. The van der Waals surface area contributed by atoms with Crippen molar-refractivity contribution in [2.75, 3.05) is 11.5 Å². The van der Waals surface area contributed by atoms with E-state index in [0.29, 0.717) is 11.4 Å². The molecule has 0 atom stereocenters. The number of halogens is 2. The van der Waals surface area contributed by atoms with Crippen LogP contribution in [0.25, 0.3) is 0 Å². The zero-order valence-corrected chi connectivity index (χ0v) is 8.81. The van der Waals surface area contributed by atoms with Gasteiger partial charge in [-0.1, -0.05) is 0 Å². The molecule has 0 aliphatic rings.